The zero-order chi connectivity index (χ0) is 12.6. The van der Waals surface area contributed by atoms with Crippen molar-refractivity contribution < 1.29 is 14.3 Å². The second-order valence-corrected chi connectivity index (χ2v) is 4.97. The number of likely N-dealkylation sites (tertiary alicyclic amines) is 1. The van der Waals surface area contributed by atoms with Crippen LogP contribution in [0.1, 0.15) is 54.2 Å². The summed E-state index contributed by atoms with van der Waals surface area (Å²) < 4.78 is 5.36. The number of likely N-dealkylation sites (N-methyl/N-ethyl adjacent to an activating group) is 1. The first kappa shape index (κ1) is 12.1. The van der Waals surface area contributed by atoms with E-state index in [2.05, 4.69) is 9.88 Å². The molecule has 5 nitrogen and oxygen atoms in total. The fourth-order valence-corrected chi connectivity index (χ4v) is 2.18. The number of nitrogens with zero attached hydrogens (tertiary/aromatic N) is 2. The average Bonchev–Trinajstić information content (AvgIpc) is 2.82. The van der Waals surface area contributed by atoms with Gasteiger partial charge in [0.25, 0.3) is 0 Å². The number of carboxylic acid groups (broad SMARTS) is 1. The Morgan fingerprint density at radius 3 is 2.76 bits per heavy atom. The second-order valence-electron chi connectivity index (χ2n) is 4.97. The molecule has 1 aliphatic heterocycles. The Morgan fingerprint density at radius 2 is 2.29 bits per heavy atom. The average molecular weight is 238 g/mol. The second kappa shape index (κ2) is 4.49. The third-order valence-electron chi connectivity index (χ3n) is 3.14. The summed E-state index contributed by atoms with van der Waals surface area (Å²) in [6.45, 7) is 5.72. The number of oxazole rings is 1. The van der Waals surface area contributed by atoms with Crippen molar-refractivity contribution in [2.24, 2.45) is 0 Å². The SMILES string of the molecule is CC(C)c1nc(C2CCN(C)C2)c(C(=O)O)o1. The van der Waals surface area contributed by atoms with E-state index in [4.69, 9.17) is 9.52 Å². The number of carbonyl (C=O) groups is 1. The molecule has 1 aromatic rings. The van der Waals surface area contributed by atoms with E-state index in [-0.39, 0.29) is 17.6 Å². The Bertz CT molecular complexity index is 425. The first-order chi connectivity index (χ1) is 7.99. The molecule has 1 aliphatic rings. The van der Waals surface area contributed by atoms with Crippen LogP contribution in [-0.4, -0.2) is 41.1 Å². The van der Waals surface area contributed by atoms with Gasteiger partial charge in [-0.15, -0.1) is 0 Å². The van der Waals surface area contributed by atoms with Crippen LogP contribution in [0, 0.1) is 0 Å². The van der Waals surface area contributed by atoms with E-state index in [1.54, 1.807) is 0 Å². The van der Waals surface area contributed by atoms with Crippen LogP contribution in [0.2, 0.25) is 0 Å². The van der Waals surface area contributed by atoms with Crippen molar-refractivity contribution in [3.05, 3.63) is 17.3 Å². The third kappa shape index (κ3) is 2.34. The van der Waals surface area contributed by atoms with Gasteiger partial charge in [0, 0.05) is 18.4 Å². The molecule has 0 spiro atoms. The summed E-state index contributed by atoms with van der Waals surface area (Å²) >= 11 is 0. The molecular formula is C12H18N2O3. The first-order valence-electron chi connectivity index (χ1n) is 5.91. The fraction of sp³-hybridized carbons (Fsp3) is 0.667. The largest absolute Gasteiger partial charge is 0.475 e. The molecule has 0 aromatic carbocycles. The molecule has 1 fully saturated rings. The van der Waals surface area contributed by atoms with Gasteiger partial charge < -0.3 is 14.4 Å². The van der Waals surface area contributed by atoms with Gasteiger partial charge in [-0.2, -0.15) is 0 Å². The van der Waals surface area contributed by atoms with Crippen LogP contribution in [-0.2, 0) is 0 Å². The van der Waals surface area contributed by atoms with Gasteiger partial charge in [-0.3, -0.25) is 0 Å². The molecular weight excluding hydrogens is 220 g/mol. The highest BCUT2D eigenvalue weighted by atomic mass is 16.4. The van der Waals surface area contributed by atoms with Gasteiger partial charge in [-0.05, 0) is 20.0 Å². The maximum atomic E-state index is 11.1. The number of carboxylic acids is 1. The summed E-state index contributed by atoms with van der Waals surface area (Å²) in [4.78, 5) is 17.7. The first-order valence-corrected chi connectivity index (χ1v) is 5.91. The predicted molar refractivity (Wildman–Crippen MR) is 62.4 cm³/mol. The Labute approximate surface area is 100 Å². The van der Waals surface area contributed by atoms with E-state index in [0.717, 1.165) is 19.5 Å². The van der Waals surface area contributed by atoms with Crippen LogP contribution >= 0.6 is 0 Å². The monoisotopic (exact) mass is 238 g/mol. The van der Waals surface area contributed by atoms with E-state index >= 15 is 0 Å². The molecule has 1 aromatic heterocycles. The molecule has 2 heterocycles. The van der Waals surface area contributed by atoms with Crippen molar-refractivity contribution in [1.29, 1.82) is 0 Å². The van der Waals surface area contributed by atoms with E-state index in [9.17, 15) is 4.79 Å². The highest BCUT2D eigenvalue weighted by Crippen LogP contribution is 2.30. The van der Waals surface area contributed by atoms with Gasteiger partial charge in [-0.1, -0.05) is 13.8 Å². The van der Waals surface area contributed by atoms with Crippen LogP contribution in [0.15, 0.2) is 4.42 Å². The fourth-order valence-electron chi connectivity index (χ4n) is 2.18. The minimum atomic E-state index is -1.02. The van der Waals surface area contributed by atoms with Gasteiger partial charge in [0.15, 0.2) is 5.89 Å². The van der Waals surface area contributed by atoms with Crippen molar-refractivity contribution in [3.8, 4) is 0 Å². The molecule has 1 N–H and O–H groups in total. The molecule has 94 valence electrons. The van der Waals surface area contributed by atoms with Crippen LogP contribution in [0.4, 0.5) is 0 Å². The summed E-state index contributed by atoms with van der Waals surface area (Å²) in [6.07, 6.45) is 0.945. The molecule has 1 atom stereocenters. The molecule has 1 saturated heterocycles. The maximum Gasteiger partial charge on any atom is 0.373 e. The summed E-state index contributed by atoms with van der Waals surface area (Å²) in [5.41, 5.74) is 0.616. The van der Waals surface area contributed by atoms with E-state index < -0.39 is 5.97 Å². The number of aromatic nitrogens is 1. The lowest BCUT2D eigenvalue weighted by atomic mass is 10.0. The molecule has 2 rings (SSSR count). The van der Waals surface area contributed by atoms with Crippen LogP contribution in [0.3, 0.4) is 0 Å². The maximum absolute atomic E-state index is 11.1. The van der Waals surface area contributed by atoms with Crippen LogP contribution in [0.25, 0.3) is 0 Å². The molecule has 0 saturated carbocycles. The third-order valence-corrected chi connectivity index (χ3v) is 3.14. The Balaban J connectivity index is 2.34. The number of hydrogen-bond acceptors (Lipinski definition) is 4. The van der Waals surface area contributed by atoms with Crippen molar-refractivity contribution in [2.75, 3.05) is 20.1 Å². The van der Waals surface area contributed by atoms with Crippen LogP contribution < -0.4 is 0 Å². The molecule has 0 amide bonds. The van der Waals surface area contributed by atoms with Gasteiger partial charge in [-0.25, -0.2) is 9.78 Å². The minimum Gasteiger partial charge on any atom is -0.475 e. The number of hydrogen-bond donors (Lipinski definition) is 1. The van der Waals surface area contributed by atoms with Gasteiger partial charge in [0.05, 0.1) is 5.69 Å². The van der Waals surface area contributed by atoms with E-state index in [0.29, 0.717) is 11.6 Å². The highest BCUT2D eigenvalue weighted by molar-refractivity contribution is 5.85. The van der Waals surface area contributed by atoms with Crippen molar-refractivity contribution in [3.63, 3.8) is 0 Å². The topological polar surface area (TPSA) is 66.6 Å². The Morgan fingerprint density at radius 1 is 1.59 bits per heavy atom. The van der Waals surface area contributed by atoms with Crippen molar-refractivity contribution in [2.45, 2.75) is 32.1 Å². The van der Waals surface area contributed by atoms with Crippen LogP contribution in [0.5, 0.6) is 0 Å². The molecule has 1 unspecified atom stereocenters. The molecule has 5 heteroatoms. The smallest absolute Gasteiger partial charge is 0.373 e. The number of aromatic carboxylic acids is 1. The lowest BCUT2D eigenvalue weighted by Gasteiger charge is -2.07. The zero-order valence-corrected chi connectivity index (χ0v) is 10.4. The van der Waals surface area contributed by atoms with E-state index in [1.165, 1.54) is 0 Å². The minimum absolute atomic E-state index is 0.0222. The zero-order valence-electron chi connectivity index (χ0n) is 10.4. The highest BCUT2D eigenvalue weighted by Gasteiger charge is 2.30. The molecule has 17 heavy (non-hydrogen) atoms. The Kier molecular flexibility index (Phi) is 3.19. The quantitative estimate of drug-likeness (QED) is 0.871. The summed E-state index contributed by atoms with van der Waals surface area (Å²) in [5.74, 6) is -0.182. The lowest BCUT2D eigenvalue weighted by Crippen LogP contribution is -2.14. The van der Waals surface area contributed by atoms with Crippen molar-refractivity contribution in [1.82, 2.24) is 9.88 Å². The molecule has 0 radical (unpaired) electrons. The van der Waals surface area contributed by atoms with Gasteiger partial charge >= 0.3 is 5.97 Å². The summed E-state index contributed by atoms with van der Waals surface area (Å²) in [6, 6.07) is 0. The Hall–Kier alpha value is -1.36. The van der Waals surface area contributed by atoms with Gasteiger partial charge in [0.2, 0.25) is 5.76 Å². The normalized spacial score (nSPS) is 21.3. The van der Waals surface area contributed by atoms with Gasteiger partial charge in [0.1, 0.15) is 0 Å². The van der Waals surface area contributed by atoms with E-state index in [1.807, 2.05) is 20.9 Å². The lowest BCUT2D eigenvalue weighted by molar-refractivity contribution is 0.0657. The standard InChI is InChI=1S/C12H18N2O3/c1-7(2)11-13-9(10(17-11)12(15)16)8-4-5-14(3)6-8/h7-8H,4-6H2,1-3H3,(H,15,16). The summed E-state index contributed by atoms with van der Waals surface area (Å²) in [5, 5.41) is 9.14. The predicted octanol–water partition coefficient (Wildman–Crippen LogP) is 1.92. The molecule has 0 bridgehead atoms. The van der Waals surface area contributed by atoms with Crippen molar-refractivity contribution >= 4 is 5.97 Å². The molecule has 0 aliphatic carbocycles. The summed E-state index contributed by atoms with van der Waals surface area (Å²) in [7, 11) is 2.03. The number of rotatable bonds is 3.